The molecular weight excluding hydrogens is 288 g/mol. The number of hydrogen-bond acceptors (Lipinski definition) is 4. The molecule has 4 N–H and O–H groups in total. The van der Waals surface area contributed by atoms with Gasteiger partial charge in [-0.2, -0.15) is 5.10 Å². The fourth-order valence-electron chi connectivity index (χ4n) is 2.27. The third-order valence-corrected chi connectivity index (χ3v) is 3.27. The third kappa shape index (κ3) is 2.82. The summed E-state index contributed by atoms with van der Waals surface area (Å²) in [6.45, 7) is -0.207. The molecular formula is C13H14N6O3. The number of rotatable bonds is 4. The Bertz CT molecular complexity index is 632. The highest BCUT2D eigenvalue weighted by atomic mass is 16.2. The molecule has 2 heterocycles. The predicted octanol–water partition coefficient (Wildman–Crippen LogP) is -0.873. The first kappa shape index (κ1) is 13.9. The van der Waals surface area contributed by atoms with Crippen LogP contribution in [0.2, 0.25) is 0 Å². The zero-order valence-electron chi connectivity index (χ0n) is 11.4. The van der Waals surface area contributed by atoms with Crippen LogP contribution in [-0.4, -0.2) is 48.0 Å². The maximum atomic E-state index is 11.8. The molecule has 2 aliphatic heterocycles. The van der Waals surface area contributed by atoms with Gasteiger partial charge in [0.15, 0.2) is 0 Å². The zero-order valence-corrected chi connectivity index (χ0v) is 11.4. The van der Waals surface area contributed by atoms with Crippen LogP contribution in [0.3, 0.4) is 0 Å². The largest absolute Gasteiger partial charge is 0.321 e. The lowest BCUT2D eigenvalue weighted by Gasteiger charge is -2.19. The van der Waals surface area contributed by atoms with E-state index >= 15 is 0 Å². The molecule has 9 nitrogen and oxygen atoms in total. The van der Waals surface area contributed by atoms with Crippen LogP contribution in [0.5, 0.6) is 0 Å². The number of nitrogens with zero attached hydrogens (tertiary/aromatic N) is 2. The first-order chi connectivity index (χ1) is 10.6. The lowest BCUT2D eigenvalue weighted by molar-refractivity contribution is -0.121. The van der Waals surface area contributed by atoms with Crippen LogP contribution in [0, 0.1) is 0 Å². The van der Waals surface area contributed by atoms with Gasteiger partial charge < -0.3 is 16.0 Å². The summed E-state index contributed by atoms with van der Waals surface area (Å²) in [6.07, 6.45) is 0.397. The van der Waals surface area contributed by atoms with E-state index in [9.17, 15) is 14.4 Å². The second-order valence-corrected chi connectivity index (χ2v) is 4.82. The van der Waals surface area contributed by atoms with Crippen molar-refractivity contribution in [2.75, 3.05) is 6.54 Å². The van der Waals surface area contributed by atoms with Crippen molar-refractivity contribution in [3.8, 4) is 0 Å². The van der Waals surface area contributed by atoms with Crippen molar-refractivity contribution in [2.45, 2.75) is 12.3 Å². The van der Waals surface area contributed by atoms with E-state index in [-0.39, 0.29) is 12.6 Å². The van der Waals surface area contributed by atoms with E-state index < -0.39 is 24.3 Å². The molecule has 1 aromatic carbocycles. The van der Waals surface area contributed by atoms with E-state index in [4.69, 9.17) is 0 Å². The zero-order chi connectivity index (χ0) is 15.5. The molecule has 0 aliphatic carbocycles. The van der Waals surface area contributed by atoms with Gasteiger partial charge in [0.05, 0.1) is 6.21 Å². The fraction of sp³-hybridized carbons (Fsp3) is 0.231. The summed E-state index contributed by atoms with van der Waals surface area (Å²) in [6, 6.07) is 8.46. The summed E-state index contributed by atoms with van der Waals surface area (Å²) < 4.78 is 0. The molecule has 1 aromatic rings. The highest BCUT2D eigenvalue weighted by Crippen LogP contribution is 2.13. The summed E-state index contributed by atoms with van der Waals surface area (Å²) in [5, 5.41) is 11.5. The van der Waals surface area contributed by atoms with E-state index in [1.165, 1.54) is 11.1 Å². The molecule has 0 spiro atoms. The summed E-state index contributed by atoms with van der Waals surface area (Å²) in [5.41, 5.74) is 3.19. The number of benzene rings is 1. The van der Waals surface area contributed by atoms with Crippen LogP contribution in [0.1, 0.15) is 5.56 Å². The molecule has 9 heteroatoms. The number of urea groups is 2. The van der Waals surface area contributed by atoms with Crippen molar-refractivity contribution in [3.63, 3.8) is 0 Å². The van der Waals surface area contributed by atoms with Crippen LogP contribution in [0.25, 0.3) is 0 Å². The first-order valence-corrected chi connectivity index (χ1v) is 6.64. The third-order valence-electron chi connectivity index (χ3n) is 3.27. The number of fused-ring (bicyclic) bond motifs is 1. The number of carbonyl (C=O) groups is 3. The average Bonchev–Trinajstić information content (AvgIpc) is 2.98. The molecule has 5 amide bonds. The van der Waals surface area contributed by atoms with Gasteiger partial charge in [0.1, 0.15) is 18.9 Å². The lowest BCUT2D eigenvalue weighted by atomic mass is 10.2. The number of amides is 5. The molecule has 2 aliphatic rings. The summed E-state index contributed by atoms with van der Waals surface area (Å²) >= 11 is 0. The van der Waals surface area contributed by atoms with Crippen molar-refractivity contribution < 1.29 is 14.4 Å². The van der Waals surface area contributed by atoms with Crippen LogP contribution < -0.4 is 21.4 Å². The maximum Gasteiger partial charge on any atom is 0.321 e. The van der Waals surface area contributed by atoms with Gasteiger partial charge in [-0.1, -0.05) is 30.3 Å². The number of carbonyl (C=O) groups excluding carboxylic acids is 3. The predicted molar refractivity (Wildman–Crippen MR) is 76.7 cm³/mol. The maximum absolute atomic E-state index is 11.8. The van der Waals surface area contributed by atoms with Gasteiger partial charge in [-0.3, -0.25) is 9.69 Å². The van der Waals surface area contributed by atoms with Gasteiger partial charge in [-0.15, -0.1) is 0 Å². The van der Waals surface area contributed by atoms with Gasteiger partial charge in [0.2, 0.25) is 0 Å². The van der Waals surface area contributed by atoms with Gasteiger partial charge in [0.25, 0.3) is 5.91 Å². The topological polar surface area (TPSA) is 115 Å². The molecule has 2 unspecified atom stereocenters. The minimum Gasteiger partial charge on any atom is -0.314 e. The summed E-state index contributed by atoms with van der Waals surface area (Å²) in [4.78, 5) is 36.0. The number of hydrazone groups is 1. The Hall–Kier alpha value is -3.10. The normalized spacial score (nSPS) is 23.0. The molecule has 0 saturated carbocycles. The van der Waals surface area contributed by atoms with Gasteiger partial charge in [-0.25, -0.2) is 15.0 Å². The molecule has 22 heavy (non-hydrogen) atoms. The number of hydrogen-bond donors (Lipinski definition) is 4. The van der Waals surface area contributed by atoms with Crippen LogP contribution >= 0.6 is 0 Å². The molecule has 2 fully saturated rings. The smallest absolute Gasteiger partial charge is 0.314 e. The Kier molecular flexibility index (Phi) is 3.60. The standard InChI is InChI=1S/C13H14N6O3/c20-9(18-14-6-8-4-2-1-3-5-8)7-19-11-10(16-13(19)22)15-12(21)17-11/h1-6,10-11H,7H2,(H,16,22)(H,18,20)(H2,15,17,21). The Morgan fingerprint density at radius 3 is 2.77 bits per heavy atom. The van der Waals surface area contributed by atoms with Gasteiger partial charge >= 0.3 is 12.1 Å². The average molecular weight is 302 g/mol. The SMILES string of the molecule is O=C(CN1C(=O)NC2NC(=O)NC21)NN=Cc1ccccc1. The van der Waals surface area contributed by atoms with Crippen molar-refractivity contribution in [2.24, 2.45) is 5.10 Å². The summed E-state index contributed by atoms with van der Waals surface area (Å²) in [5.74, 6) is -0.455. The molecule has 2 atom stereocenters. The first-order valence-electron chi connectivity index (χ1n) is 6.64. The van der Waals surface area contributed by atoms with Crippen molar-refractivity contribution >= 4 is 24.2 Å². The van der Waals surface area contributed by atoms with Crippen LogP contribution in [-0.2, 0) is 4.79 Å². The van der Waals surface area contributed by atoms with Crippen molar-refractivity contribution in [3.05, 3.63) is 35.9 Å². The Balaban J connectivity index is 1.54. The second kappa shape index (κ2) is 5.72. The fourth-order valence-corrected chi connectivity index (χ4v) is 2.27. The quantitative estimate of drug-likeness (QED) is 0.428. The van der Waals surface area contributed by atoms with E-state index in [1.54, 1.807) is 0 Å². The molecule has 0 bridgehead atoms. The Morgan fingerprint density at radius 1 is 1.23 bits per heavy atom. The van der Waals surface area contributed by atoms with Gasteiger partial charge in [-0.05, 0) is 5.56 Å². The Labute approximate surface area is 125 Å². The van der Waals surface area contributed by atoms with E-state index in [2.05, 4.69) is 26.5 Å². The van der Waals surface area contributed by atoms with Gasteiger partial charge in [0, 0.05) is 0 Å². The lowest BCUT2D eigenvalue weighted by Crippen LogP contribution is -2.47. The monoisotopic (exact) mass is 302 g/mol. The molecule has 0 aromatic heterocycles. The highest BCUT2D eigenvalue weighted by molar-refractivity contribution is 5.89. The number of nitrogens with one attached hydrogen (secondary N) is 4. The van der Waals surface area contributed by atoms with E-state index in [1.807, 2.05) is 30.3 Å². The second-order valence-electron chi connectivity index (χ2n) is 4.82. The molecule has 114 valence electrons. The van der Waals surface area contributed by atoms with E-state index in [0.29, 0.717) is 0 Å². The highest BCUT2D eigenvalue weighted by Gasteiger charge is 2.45. The molecule has 3 rings (SSSR count). The van der Waals surface area contributed by atoms with Crippen LogP contribution in [0.4, 0.5) is 9.59 Å². The summed E-state index contributed by atoms with van der Waals surface area (Å²) in [7, 11) is 0. The Morgan fingerprint density at radius 2 is 2.00 bits per heavy atom. The van der Waals surface area contributed by atoms with Crippen molar-refractivity contribution in [1.29, 1.82) is 0 Å². The molecule has 0 radical (unpaired) electrons. The molecule has 2 saturated heterocycles. The van der Waals surface area contributed by atoms with E-state index in [0.717, 1.165) is 5.56 Å². The minimum atomic E-state index is -0.580. The van der Waals surface area contributed by atoms with Crippen LogP contribution in [0.15, 0.2) is 35.4 Å². The van der Waals surface area contributed by atoms with Crippen molar-refractivity contribution in [1.82, 2.24) is 26.3 Å². The minimum absolute atomic E-state index is 0.207.